The molecule has 4 atom stereocenters. The summed E-state index contributed by atoms with van der Waals surface area (Å²) in [5, 5.41) is 5.32. The highest BCUT2D eigenvalue weighted by molar-refractivity contribution is 6.06. The lowest BCUT2D eigenvalue weighted by Crippen LogP contribution is -2.38. The number of imide groups is 1. The maximum absolute atomic E-state index is 12.7. The minimum Gasteiger partial charge on any atom is -0.378 e. The number of hydrogen-bond acceptors (Lipinski definition) is 4. The summed E-state index contributed by atoms with van der Waals surface area (Å²) in [5.41, 5.74) is 1.96. The summed E-state index contributed by atoms with van der Waals surface area (Å²) in [6.07, 6.45) is 7.85. The van der Waals surface area contributed by atoms with E-state index in [0.717, 1.165) is 29.1 Å². The molecule has 0 N–H and O–H groups in total. The third kappa shape index (κ3) is 2.27. The fourth-order valence-electron chi connectivity index (χ4n) is 4.16. The summed E-state index contributed by atoms with van der Waals surface area (Å²) in [6.45, 7) is 0. The number of rotatable bonds is 3. The van der Waals surface area contributed by atoms with Gasteiger partial charge in [0.05, 0.1) is 18.1 Å². The molecule has 0 spiro atoms. The number of anilines is 1. The van der Waals surface area contributed by atoms with Gasteiger partial charge < -0.3 is 4.90 Å². The van der Waals surface area contributed by atoms with Crippen molar-refractivity contribution >= 4 is 23.7 Å². The van der Waals surface area contributed by atoms with Crippen molar-refractivity contribution in [1.29, 1.82) is 0 Å². The van der Waals surface area contributed by atoms with Gasteiger partial charge in [0.25, 0.3) is 11.8 Å². The van der Waals surface area contributed by atoms with Crippen LogP contribution < -0.4 is 4.90 Å². The highest BCUT2D eigenvalue weighted by Crippen LogP contribution is 2.49. The number of carbonyl (C=O) groups is 2. The van der Waals surface area contributed by atoms with Crippen LogP contribution in [0, 0.1) is 23.7 Å². The van der Waals surface area contributed by atoms with E-state index >= 15 is 0 Å². The molecule has 2 bridgehead atoms. The SMILES string of the molecule is CN(C)c1ccc(/C=N\N2C(=O)[C@@H]3[C@H](C2=O)[C@H]2C=C[C@H]3CC2)cc1. The number of carbonyl (C=O) groups excluding carboxylic acids is 2. The van der Waals surface area contributed by atoms with Gasteiger partial charge in [-0.25, -0.2) is 0 Å². The van der Waals surface area contributed by atoms with Crippen LogP contribution in [0.3, 0.4) is 0 Å². The first-order valence-corrected chi connectivity index (χ1v) is 8.44. The number of allylic oxidation sites excluding steroid dienone is 2. The number of hydrogen-bond donors (Lipinski definition) is 0. The Morgan fingerprint density at radius 2 is 1.54 bits per heavy atom. The molecular weight excluding hydrogens is 302 g/mol. The topological polar surface area (TPSA) is 53.0 Å². The molecule has 24 heavy (non-hydrogen) atoms. The smallest absolute Gasteiger partial charge is 0.254 e. The van der Waals surface area contributed by atoms with E-state index in [9.17, 15) is 9.59 Å². The van der Waals surface area contributed by atoms with Gasteiger partial charge in [-0.1, -0.05) is 24.3 Å². The van der Waals surface area contributed by atoms with Crippen LogP contribution in [0.15, 0.2) is 41.5 Å². The first kappa shape index (κ1) is 15.1. The molecule has 4 aliphatic rings. The number of amides is 2. The van der Waals surface area contributed by atoms with E-state index in [0.29, 0.717) is 0 Å². The molecule has 2 amide bonds. The van der Waals surface area contributed by atoms with Crippen molar-refractivity contribution in [3.8, 4) is 0 Å². The largest absolute Gasteiger partial charge is 0.378 e. The second-order valence-corrected chi connectivity index (χ2v) is 7.06. The average molecular weight is 323 g/mol. The molecule has 1 aromatic rings. The van der Waals surface area contributed by atoms with Crippen molar-refractivity contribution in [3.63, 3.8) is 0 Å². The van der Waals surface area contributed by atoms with Gasteiger partial charge in [0.15, 0.2) is 0 Å². The Bertz CT molecular complexity index is 703. The molecule has 1 saturated heterocycles. The molecule has 5 heteroatoms. The van der Waals surface area contributed by atoms with E-state index < -0.39 is 0 Å². The van der Waals surface area contributed by atoms with E-state index in [1.165, 1.54) is 0 Å². The van der Waals surface area contributed by atoms with Gasteiger partial charge in [-0.3, -0.25) is 9.59 Å². The Morgan fingerprint density at radius 3 is 2.00 bits per heavy atom. The quantitative estimate of drug-likeness (QED) is 0.487. The predicted octanol–water partition coefficient (Wildman–Crippen LogP) is 2.28. The first-order chi connectivity index (χ1) is 11.6. The zero-order valence-electron chi connectivity index (χ0n) is 13.9. The number of hydrazone groups is 1. The van der Waals surface area contributed by atoms with E-state index in [1.807, 2.05) is 43.3 Å². The van der Waals surface area contributed by atoms with Gasteiger partial charge in [-0.2, -0.15) is 10.1 Å². The Balaban J connectivity index is 1.55. The summed E-state index contributed by atoms with van der Waals surface area (Å²) >= 11 is 0. The number of benzene rings is 1. The fourth-order valence-corrected chi connectivity index (χ4v) is 4.16. The Hall–Kier alpha value is -2.43. The number of fused-ring (bicyclic) bond motifs is 1. The highest BCUT2D eigenvalue weighted by atomic mass is 16.2. The Kier molecular flexibility index (Phi) is 3.52. The van der Waals surface area contributed by atoms with Crippen LogP contribution >= 0.6 is 0 Å². The zero-order valence-corrected chi connectivity index (χ0v) is 13.9. The van der Waals surface area contributed by atoms with Gasteiger partial charge in [-0.05, 0) is 42.4 Å². The third-order valence-corrected chi connectivity index (χ3v) is 5.47. The minimum atomic E-state index is -0.200. The average Bonchev–Trinajstić information content (AvgIpc) is 2.87. The van der Waals surface area contributed by atoms with Crippen LogP contribution in [0.4, 0.5) is 5.69 Å². The van der Waals surface area contributed by atoms with Crippen molar-refractivity contribution in [2.75, 3.05) is 19.0 Å². The van der Waals surface area contributed by atoms with Crippen LogP contribution in [-0.4, -0.2) is 37.1 Å². The van der Waals surface area contributed by atoms with Crippen molar-refractivity contribution in [3.05, 3.63) is 42.0 Å². The lowest BCUT2D eigenvalue weighted by atomic mass is 9.63. The van der Waals surface area contributed by atoms with Crippen LogP contribution in [0.25, 0.3) is 0 Å². The molecule has 3 aliphatic carbocycles. The molecule has 0 aromatic heterocycles. The molecule has 1 saturated carbocycles. The van der Waals surface area contributed by atoms with Crippen molar-refractivity contribution in [1.82, 2.24) is 5.01 Å². The highest BCUT2D eigenvalue weighted by Gasteiger charge is 2.56. The van der Waals surface area contributed by atoms with Gasteiger partial charge in [-0.15, -0.1) is 0 Å². The minimum absolute atomic E-state index is 0.134. The number of nitrogens with zero attached hydrogens (tertiary/aromatic N) is 3. The molecular formula is C19H21N3O2. The summed E-state index contributed by atoms with van der Waals surface area (Å²) in [5.74, 6) is -0.258. The van der Waals surface area contributed by atoms with E-state index in [1.54, 1.807) is 6.21 Å². The summed E-state index contributed by atoms with van der Waals surface area (Å²) in [7, 11) is 3.96. The van der Waals surface area contributed by atoms with Crippen molar-refractivity contribution < 1.29 is 9.59 Å². The van der Waals surface area contributed by atoms with Crippen LogP contribution in [-0.2, 0) is 9.59 Å². The third-order valence-electron chi connectivity index (χ3n) is 5.47. The Labute approximate surface area is 141 Å². The van der Waals surface area contributed by atoms with E-state index in [-0.39, 0.29) is 35.5 Å². The standard InChI is InChI=1S/C19H21N3O2/c1-21(2)15-9-3-12(4-10-15)11-20-22-18(23)16-13-5-6-14(8-7-13)17(16)19(22)24/h3-6,9-11,13-14,16-17H,7-8H2,1-2H3/b20-11-/t13-,14-,16-,17+/m0/s1. The molecule has 1 heterocycles. The van der Waals surface area contributed by atoms with Gasteiger partial charge in [0.2, 0.25) is 0 Å². The predicted molar refractivity (Wildman–Crippen MR) is 92.6 cm³/mol. The van der Waals surface area contributed by atoms with Crippen molar-refractivity contribution in [2.24, 2.45) is 28.8 Å². The molecule has 0 unspecified atom stereocenters. The van der Waals surface area contributed by atoms with Crippen LogP contribution in [0.2, 0.25) is 0 Å². The molecule has 124 valence electrons. The van der Waals surface area contributed by atoms with E-state index in [4.69, 9.17) is 0 Å². The summed E-state index contributed by atoms with van der Waals surface area (Å²) in [6, 6.07) is 7.84. The molecule has 1 aromatic carbocycles. The van der Waals surface area contributed by atoms with Crippen molar-refractivity contribution in [2.45, 2.75) is 12.8 Å². The molecule has 5 rings (SSSR count). The lowest BCUT2D eigenvalue weighted by molar-refractivity contribution is -0.140. The van der Waals surface area contributed by atoms with Gasteiger partial charge in [0.1, 0.15) is 0 Å². The fraction of sp³-hybridized carbons (Fsp3) is 0.421. The normalized spacial score (nSPS) is 31.2. The molecule has 2 fully saturated rings. The second-order valence-electron chi connectivity index (χ2n) is 7.06. The van der Waals surface area contributed by atoms with Crippen LogP contribution in [0.1, 0.15) is 18.4 Å². The molecule has 5 nitrogen and oxygen atoms in total. The van der Waals surface area contributed by atoms with Crippen LogP contribution in [0.5, 0.6) is 0 Å². The van der Waals surface area contributed by atoms with E-state index in [2.05, 4.69) is 17.3 Å². The monoisotopic (exact) mass is 323 g/mol. The van der Waals surface area contributed by atoms with Gasteiger partial charge in [0, 0.05) is 19.8 Å². The maximum Gasteiger partial charge on any atom is 0.254 e. The zero-order chi connectivity index (χ0) is 16.8. The second kappa shape index (κ2) is 5.58. The summed E-state index contributed by atoms with van der Waals surface area (Å²) in [4.78, 5) is 27.3. The summed E-state index contributed by atoms with van der Waals surface area (Å²) < 4.78 is 0. The Morgan fingerprint density at radius 1 is 1.00 bits per heavy atom. The van der Waals surface area contributed by atoms with Gasteiger partial charge >= 0.3 is 0 Å². The first-order valence-electron chi connectivity index (χ1n) is 8.44. The molecule has 0 radical (unpaired) electrons. The lowest BCUT2D eigenvalue weighted by Gasteiger charge is -2.37. The maximum atomic E-state index is 12.7. The molecule has 1 aliphatic heterocycles.